The van der Waals surface area contributed by atoms with E-state index in [1.807, 2.05) is 30.3 Å². The quantitative estimate of drug-likeness (QED) is 0.657. The van der Waals surface area contributed by atoms with Crippen LogP contribution in [0.2, 0.25) is 0 Å². The van der Waals surface area contributed by atoms with Crippen molar-refractivity contribution < 1.29 is 14.5 Å². The molecule has 0 heterocycles. The van der Waals surface area contributed by atoms with Crippen molar-refractivity contribution in [2.24, 2.45) is 0 Å². The van der Waals surface area contributed by atoms with Crippen LogP contribution >= 0.6 is 0 Å². The van der Waals surface area contributed by atoms with E-state index in [9.17, 15) is 14.9 Å². The topological polar surface area (TPSA) is 81.5 Å². The first-order valence-electron chi connectivity index (χ1n) is 6.73. The molecular weight excluding hydrogens is 284 g/mol. The molecule has 6 heteroatoms. The number of methoxy groups -OCH3 is 1. The summed E-state index contributed by atoms with van der Waals surface area (Å²) in [5.74, 6) is -0.495. The summed E-state index contributed by atoms with van der Waals surface area (Å²) >= 11 is 0. The number of rotatable bonds is 6. The zero-order chi connectivity index (χ0) is 15.9. The Kier molecular flexibility index (Phi) is 5.21. The molecule has 0 spiro atoms. The third-order valence-corrected chi connectivity index (χ3v) is 3.25. The molecule has 6 nitrogen and oxygen atoms in total. The molecule has 2 aromatic carbocycles. The van der Waals surface area contributed by atoms with Gasteiger partial charge in [-0.25, -0.2) is 0 Å². The van der Waals surface area contributed by atoms with E-state index in [0.29, 0.717) is 0 Å². The first-order chi connectivity index (χ1) is 10.6. The zero-order valence-corrected chi connectivity index (χ0v) is 12.1. The molecule has 0 saturated heterocycles. The van der Waals surface area contributed by atoms with Crippen LogP contribution in [0.4, 0.5) is 5.69 Å². The Morgan fingerprint density at radius 3 is 2.45 bits per heavy atom. The maximum Gasteiger partial charge on any atom is 0.282 e. The second-order valence-electron chi connectivity index (χ2n) is 4.62. The van der Waals surface area contributed by atoms with Crippen LogP contribution in [0.1, 0.15) is 22.0 Å². The van der Waals surface area contributed by atoms with E-state index in [1.165, 1.54) is 18.2 Å². The van der Waals surface area contributed by atoms with Gasteiger partial charge in [-0.05, 0) is 11.6 Å². The summed E-state index contributed by atoms with van der Waals surface area (Å²) in [5.41, 5.74) is 0.747. The number of nitrogens with zero attached hydrogens (tertiary/aromatic N) is 1. The van der Waals surface area contributed by atoms with Crippen LogP contribution in [0, 0.1) is 10.1 Å². The Balaban J connectivity index is 2.08. The van der Waals surface area contributed by atoms with Crippen LogP contribution in [0.15, 0.2) is 54.6 Å². The molecule has 0 bridgehead atoms. The number of carbonyl (C=O) groups is 1. The molecule has 2 aromatic rings. The SMILES string of the molecule is COC(CNC(=O)c1ccccc1[N+](=O)[O-])c1ccccc1. The fourth-order valence-corrected chi connectivity index (χ4v) is 2.11. The molecule has 114 valence electrons. The van der Waals surface area contributed by atoms with Gasteiger partial charge in [0.25, 0.3) is 11.6 Å². The van der Waals surface area contributed by atoms with E-state index >= 15 is 0 Å². The minimum atomic E-state index is -0.570. The highest BCUT2D eigenvalue weighted by molar-refractivity contribution is 5.98. The lowest BCUT2D eigenvalue weighted by Gasteiger charge is -2.16. The standard InChI is InChI=1S/C16H16N2O4/c1-22-15(12-7-3-2-4-8-12)11-17-16(19)13-9-5-6-10-14(13)18(20)21/h2-10,15H,11H2,1H3,(H,17,19). The Bertz CT molecular complexity index is 658. The third kappa shape index (κ3) is 3.67. The summed E-state index contributed by atoms with van der Waals surface area (Å²) < 4.78 is 5.35. The van der Waals surface area contributed by atoms with Crippen molar-refractivity contribution in [1.29, 1.82) is 0 Å². The Morgan fingerprint density at radius 1 is 1.18 bits per heavy atom. The number of para-hydroxylation sites is 1. The smallest absolute Gasteiger partial charge is 0.282 e. The van der Waals surface area contributed by atoms with Crippen molar-refractivity contribution in [2.45, 2.75) is 6.10 Å². The molecule has 0 saturated carbocycles. The van der Waals surface area contributed by atoms with Crippen LogP contribution in [0.25, 0.3) is 0 Å². The maximum atomic E-state index is 12.2. The summed E-state index contributed by atoms with van der Waals surface area (Å²) in [5, 5.41) is 13.6. The third-order valence-electron chi connectivity index (χ3n) is 3.25. The van der Waals surface area contributed by atoms with Gasteiger partial charge in [0.15, 0.2) is 0 Å². The van der Waals surface area contributed by atoms with Crippen LogP contribution in [0.5, 0.6) is 0 Å². The fraction of sp³-hybridized carbons (Fsp3) is 0.188. The summed E-state index contributed by atoms with van der Waals surface area (Å²) in [7, 11) is 1.55. The average Bonchev–Trinajstić information content (AvgIpc) is 2.56. The average molecular weight is 300 g/mol. The van der Waals surface area contributed by atoms with Gasteiger partial charge in [-0.3, -0.25) is 14.9 Å². The number of nitro groups is 1. The normalized spacial score (nSPS) is 11.7. The largest absolute Gasteiger partial charge is 0.375 e. The number of benzene rings is 2. The van der Waals surface area contributed by atoms with E-state index < -0.39 is 10.8 Å². The fourth-order valence-electron chi connectivity index (χ4n) is 2.11. The van der Waals surface area contributed by atoms with E-state index in [1.54, 1.807) is 13.2 Å². The highest BCUT2D eigenvalue weighted by atomic mass is 16.6. The number of carbonyl (C=O) groups excluding carboxylic acids is 1. The number of amides is 1. The predicted octanol–water partition coefficient (Wildman–Crippen LogP) is 2.71. The lowest BCUT2D eigenvalue weighted by Crippen LogP contribution is -2.29. The molecule has 0 radical (unpaired) electrons. The van der Waals surface area contributed by atoms with E-state index in [2.05, 4.69) is 5.32 Å². The molecular formula is C16H16N2O4. The maximum absolute atomic E-state index is 12.2. The molecule has 22 heavy (non-hydrogen) atoms. The van der Waals surface area contributed by atoms with Crippen LogP contribution < -0.4 is 5.32 Å². The van der Waals surface area contributed by atoms with E-state index in [-0.39, 0.29) is 23.9 Å². The second-order valence-corrected chi connectivity index (χ2v) is 4.62. The number of hydrogen-bond donors (Lipinski definition) is 1. The van der Waals surface area contributed by atoms with Gasteiger partial charge < -0.3 is 10.1 Å². The molecule has 1 N–H and O–H groups in total. The van der Waals surface area contributed by atoms with Gasteiger partial charge in [-0.1, -0.05) is 42.5 Å². The van der Waals surface area contributed by atoms with Crippen LogP contribution in [-0.2, 0) is 4.74 Å². The van der Waals surface area contributed by atoms with Crippen molar-refractivity contribution in [3.63, 3.8) is 0 Å². The van der Waals surface area contributed by atoms with Crippen molar-refractivity contribution >= 4 is 11.6 Å². The number of ether oxygens (including phenoxy) is 1. The zero-order valence-electron chi connectivity index (χ0n) is 12.1. The highest BCUT2D eigenvalue weighted by Crippen LogP contribution is 2.19. The first kappa shape index (κ1) is 15.7. The van der Waals surface area contributed by atoms with Crippen LogP contribution in [-0.4, -0.2) is 24.5 Å². The Hall–Kier alpha value is -2.73. The lowest BCUT2D eigenvalue weighted by molar-refractivity contribution is -0.385. The minimum absolute atomic E-state index is 0.0374. The predicted molar refractivity (Wildman–Crippen MR) is 81.6 cm³/mol. The van der Waals surface area contributed by atoms with Gasteiger partial charge in [0.2, 0.25) is 0 Å². The van der Waals surface area contributed by atoms with Gasteiger partial charge in [-0.15, -0.1) is 0 Å². The molecule has 1 atom stereocenters. The second kappa shape index (κ2) is 7.33. The van der Waals surface area contributed by atoms with Gasteiger partial charge in [0.05, 0.1) is 11.0 Å². The van der Waals surface area contributed by atoms with Crippen molar-refractivity contribution in [3.8, 4) is 0 Å². The van der Waals surface area contributed by atoms with Crippen molar-refractivity contribution in [1.82, 2.24) is 5.32 Å². The van der Waals surface area contributed by atoms with Crippen LogP contribution in [0.3, 0.4) is 0 Å². The molecule has 0 fully saturated rings. The monoisotopic (exact) mass is 300 g/mol. The first-order valence-corrected chi connectivity index (χ1v) is 6.73. The van der Waals surface area contributed by atoms with Gasteiger partial charge in [0.1, 0.15) is 5.56 Å². The highest BCUT2D eigenvalue weighted by Gasteiger charge is 2.20. The molecule has 0 aromatic heterocycles. The summed E-state index contributed by atoms with van der Waals surface area (Å²) in [6.45, 7) is 0.228. The summed E-state index contributed by atoms with van der Waals surface area (Å²) in [6.07, 6.45) is -0.312. The number of nitro benzene ring substituents is 1. The Morgan fingerprint density at radius 2 is 1.82 bits per heavy atom. The Labute approximate surface area is 127 Å². The van der Waals surface area contributed by atoms with Gasteiger partial charge in [-0.2, -0.15) is 0 Å². The molecule has 0 aliphatic carbocycles. The number of nitrogens with one attached hydrogen (secondary N) is 1. The van der Waals surface area contributed by atoms with Crippen molar-refractivity contribution in [2.75, 3.05) is 13.7 Å². The van der Waals surface area contributed by atoms with E-state index in [4.69, 9.17) is 4.74 Å². The minimum Gasteiger partial charge on any atom is -0.375 e. The molecule has 0 aliphatic heterocycles. The number of hydrogen-bond acceptors (Lipinski definition) is 4. The summed E-state index contributed by atoms with van der Waals surface area (Å²) in [6, 6.07) is 15.3. The lowest BCUT2D eigenvalue weighted by atomic mass is 10.1. The molecule has 2 rings (SSSR count). The summed E-state index contributed by atoms with van der Waals surface area (Å²) in [4.78, 5) is 22.5. The molecule has 1 amide bonds. The molecule has 0 aliphatic rings. The molecule has 1 unspecified atom stereocenters. The van der Waals surface area contributed by atoms with E-state index in [0.717, 1.165) is 5.56 Å². The van der Waals surface area contributed by atoms with Gasteiger partial charge >= 0.3 is 0 Å². The van der Waals surface area contributed by atoms with Gasteiger partial charge in [0, 0.05) is 19.7 Å². The van der Waals surface area contributed by atoms with Crippen molar-refractivity contribution in [3.05, 3.63) is 75.8 Å².